The van der Waals surface area contributed by atoms with E-state index >= 15 is 0 Å². The molecule has 0 radical (unpaired) electrons. The molecule has 146 valence electrons. The standard InChI is InChI=1S/C22H25N3O3/c1-27-22(26)20-8-7-19(28-20)16-24-12-9-17(10-13-24)15-25-14-11-23-21(25)18-5-3-2-4-6-18/h2-8,11,14,17H,9-10,12-13,15-16H2,1H3. The Bertz CT molecular complexity index is 908. The number of carbonyl (C=O) groups excluding carboxylic acids is 1. The molecule has 0 aliphatic carbocycles. The number of likely N-dealkylation sites (tertiary alicyclic amines) is 1. The average Bonchev–Trinajstić information content (AvgIpc) is 3.39. The Morgan fingerprint density at radius 3 is 2.71 bits per heavy atom. The van der Waals surface area contributed by atoms with E-state index in [4.69, 9.17) is 9.15 Å². The molecule has 0 N–H and O–H groups in total. The van der Waals surface area contributed by atoms with Crippen LogP contribution in [0.1, 0.15) is 29.2 Å². The first kappa shape index (κ1) is 18.5. The predicted molar refractivity (Wildman–Crippen MR) is 106 cm³/mol. The third-order valence-electron chi connectivity index (χ3n) is 5.34. The fraction of sp³-hybridized carbons (Fsp3) is 0.364. The molecule has 2 aromatic heterocycles. The number of imidazole rings is 1. The van der Waals surface area contributed by atoms with Crippen LogP contribution in [0.15, 0.2) is 59.3 Å². The van der Waals surface area contributed by atoms with E-state index in [1.807, 2.05) is 30.5 Å². The van der Waals surface area contributed by atoms with Crippen molar-refractivity contribution in [1.29, 1.82) is 0 Å². The second-order valence-corrected chi connectivity index (χ2v) is 7.25. The summed E-state index contributed by atoms with van der Waals surface area (Å²) in [6.07, 6.45) is 6.23. The Labute approximate surface area is 164 Å². The monoisotopic (exact) mass is 379 g/mol. The summed E-state index contributed by atoms with van der Waals surface area (Å²) in [4.78, 5) is 18.4. The number of piperidine rings is 1. The summed E-state index contributed by atoms with van der Waals surface area (Å²) in [5.74, 6) is 2.31. The Kier molecular flexibility index (Phi) is 5.58. The van der Waals surface area contributed by atoms with E-state index in [-0.39, 0.29) is 5.76 Å². The fourth-order valence-electron chi connectivity index (χ4n) is 3.80. The molecule has 6 nitrogen and oxygen atoms in total. The predicted octanol–water partition coefficient (Wildman–Crippen LogP) is 3.84. The van der Waals surface area contributed by atoms with Crippen molar-refractivity contribution in [2.24, 2.45) is 5.92 Å². The van der Waals surface area contributed by atoms with Crippen LogP contribution < -0.4 is 0 Å². The lowest BCUT2D eigenvalue weighted by molar-refractivity contribution is 0.0560. The summed E-state index contributed by atoms with van der Waals surface area (Å²) < 4.78 is 12.5. The molecule has 1 aliphatic heterocycles. The van der Waals surface area contributed by atoms with Gasteiger partial charge >= 0.3 is 5.97 Å². The quantitative estimate of drug-likeness (QED) is 0.609. The maximum Gasteiger partial charge on any atom is 0.373 e. The molecule has 0 atom stereocenters. The highest BCUT2D eigenvalue weighted by Gasteiger charge is 2.22. The average molecular weight is 379 g/mol. The van der Waals surface area contributed by atoms with Crippen molar-refractivity contribution < 1.29 is 13.9 Å². The van der Waals surface area contributed by atoms with Crippen LogP contribution in [0.2, 0.25) is 0 Å². The van der Waals surface area contributed by atoms with E-state index in [2.05, 4.69) is 32.8 Å². The first-order chi connectivity index (χ1) is 13.7. The van der Waals surface area contributed by atoms with Gasteiger partial charge in [-0.15, -0.1) is 0 Å². The molecule has 28 heavy (non-hydrogen) atoms. The number of esters is 1. The zero-order chi connectivity index (χ0) is 19.3. The van der Waals surface area contributed by atoms with Gasteiger partial charge in [0, 0.05) is 24.5 Å². The zero-order valence-electron chi connectivity index (χ0n) is 16.1. The smallest absolute Gasteiger partial charge is 0.373 e. The minimum Gasteiger partial charge on any atom is -0.463 e. The molecular weight excluding hydrogens is 354 g/mol. The van der Waals surface area contributed by atoms with Gasteiger partial charge in [-0.3, -0.25) is 4.90 Å². The van der Waals surface area contributed by atoms with Gasteiger partial charge in [-0.2, -0.15) is 0 Å². The lowest BCUT2D eigenvalue weighted by Crippen LogP contribution is -2.34. The minimum absolute atomic E-state index is 0.265. The van der Waals surface area contributed by atoms with Crippen LogP contribution in [-0.2, 0) is 17.8 Å². The van der Waals surface area contributed by atoms with Crippen molar-refractivity contribution in [3.05, 3.63) is 66.4 Å². The summed E-state index contributed by atoms with van der Waals surface area (Å²) in [5.41, 5.74) is 1.16. The van der Waals surface area contributed by atoms with Gasteiger partial charge in [0.15, 0.2) is 0 Å². The van der Waals surface area contributed by atoms with E-state index in [0.29, 0.717) is 5.92 Å². The van der Waals surface area contributed by atoms with Crippen molar-refractivity contribution in [3.63, 3.8) is 0 Å². The third-order valence-corrected chi connectivity index (χ3v) is 5.34. The molecule has 1 aliphatic rings. The number of ether oxygens (including phenoxy) is 1. The number of benzene rings is 1. The van der Waals surface area contributed by atoms with Crippen LogP contribution in [0.5, 0.6) is 0 Å². The molecule has 1 saturated heterocycles. The van der Waals surface area contributed by atoms with Crippen LogP contribution in [0.25, 0.3) is 11.4 Å². The number of carbonyl (C=O) groups is 1. The molecule has 1 aromatic carbocycles. The topological polar surface area (TPSA) is 60.5 Å². The number of nitrogens with zero attached hydrogens (tertiary/aromatic N) is 3. The normalized spacial score (nSPS) is 15.6. The van der Waals surface area contributed by atoms with Crippen LogP contribution in [0.4, 0.5) is 0 Å². The highest BCUT2D eigenvalue weighted by Crippen LogP contribution is 2.24. The third kappa shape index (κ3) is 4.17. The number of methoxy groups -OCH3 is 1. The molecule has 0 spiro atoms. The lowest BCUT2D eigenvalue weighted by atomic mass is 9.96. The largest absolute Gasteiger partial charge is 0.463 e. The first-order valence-corrected chi connectivity index (χ1v) is 9.69. The molecule has 1 fully saturated rings. The lowest BCUT2D eigenvalue weighted by Gasteiger charge is -2.31. The van der Waals surface area contributed by atoms with E-state index in [0.717, 1.165) is 56.2 Å². The Morgan fingerprint density at radius 2 is 1.96 bits per heavy atom. The second-order valence-electron chi connectivity index (χ2n) is 7.25. The molecule has 0 unspecified atom stereocenters. The van der Waals surface area contributed by atoms with E-state index < -0.39 is 5.97 Å². The summed E-state index contributed by atoms with van der Waals surface area (Å²) >= 11 is 0. The van der Waals surface area contributed by atoms with Gasteiger partial charge in [0.05, 0.1) is 13.7 Å². The first-order valence-electron chi connectivity index (χ1n) is 9.69. The molecule has 3 heterocycles. The maximum absolute atomic E-state index is 11.5. The summed E-state index contributed by atoms with van der Waals surface area (Å²) in [7, 11) is 1.36. The highest BCUT2D eigenvalue weighted by atomic mass is 16.5. The molecule has 3 aromatic rings. The van der Waals surface area contributed by atoms with Gasteiger partial charge in [0.25, 0.3) is 0 Å². The number of rotatable bonds is 6. The molecular formula is C22H25N3O3. The molecule has 0 bridgehead atoms. The van der Waals surface area contributed by atoms with Crippen molar-refractivity contribution in [2.45, 2.75) is 25.9 Å². The van der Waals surface area contributed by atoms with Crippen molar-refractivity contribution >= 4 is 5.97 Å². The molecule has 0 saturated carbocycles. The van der Waals surface area contributed by atoms with Crippen molar-refractivity contribution in [1.82, 2.24) is 14.5 Å². The van der Waals surface area contributed by atoms with Crippen molar-refractivity contribution in [2.75, 3.05) is 20.2 Å². The van der Waals surface area contributed by atoms with E-state index in [1.165, 1.54) is 7.11 Å². The van der Waals surface area contributed by atoms with Gasteiger partial charge in [0.1, 0.15) is 11.6 Å². The molecule has 4 rings (SSSR count). The van der Waals surface area contributed by atoms with E-state index in [1.54, 1.807) is 6.07 Å². The number of hydrogen-bond donors (Lipinski definition) is 0. The van der Waals surface area contributed by atoms with Crippen LogP contribution >= 0.6 is 0 Å². The minimum atomic E-state index is -0.431. The van der Waals surface area contributed by atoms with E-state index in [9.17, 15) is 4.79 Å². The number of furan rings is 1. The fourth-order valence-corrected chi connectivity index (χ4v) is 3.80. The van der Waals surface area contributed by atoms with Gasteiger partial charge in [-0.25, -0.2) is 9.78 Å². The summed E-state index contributed by atoms with van der Waals surface area (Å²) in [6, 6.07) is 13.9. The van der Waals surface area contributed by atoms with Crippen LogP contribution in [0.3, 0.4) is 0 Å². The second kappa shape index (κ2) is 8.44. The van der Waals surface area contributed by atoms with Crippen molar-refractivity contribution in [3.8, 4) is 11.4 Å². The van der Waals surface area contributed by atoms with Gasteiger partial charge in [-0.1, -0.05) is 30.3 Å². The van der Waals surface area contributed by atoms with Gasteiger partial charge in [0.2, 0.25) is 5.76 Å². The summed E-state index contributed by atoms with van der Waals surface area (Å²) in [5, 5.41) is 0. The number of aromatic nitrogens is 2. The Balaban J connectivity index is 1.31. The Hall–Kier alpha value is -2.86. The van der Waals surface area contributed by atoms with Gasteiger partial charge < -0.3 is 13.7 Å². The molecule has 6 heteroatoms. The number of hydrogen-bond acceptors (Lipinski definition) is 5. The van der Waals surface area contributed by atoms with Crippen LogP contribution in [-0.4, -0.2) is 40.6 Å². The Morgan fingerprint density at radius 1 is 1.18 bits per heavy atom. The van der Waals surface area contributed by atoms with Crippen LogP contribution in [0, 0.1) is 5.92 Å². The molecule has 0 amide bonds. The maximum atomic E-state index is 11.5. The SMILES string of the molecule is COC(=O)c1ccc(CN2CCC(Cn3ccnc3-c3ccccc3)CC2)o1. The van der Waals surface area contributed by atoms with Gasteiger partial charge in [-0.05, 0) is 44.0 Å². The zero-order valence-corrected chi connectivity index (χ0v) is 16.1. The summed E-state index contributed by atoms with van der Waals surface area (Å²) in [6.45, 7) is 3.76. The highest BCUT2D eigenvalue weighted by molar-refractivity contribution is 5.86.